The van der Waals surface area contributed by atoms with Crippen molar-refractivity contribution in [3.63, 3.8) is 0 Å². The number of pyridine rings is 1. The number of halogens is 3. The van der Waals surface area contributed by atoms with E-state index in [2.05, 4.69) is 10.1 Å². The average Bonchev–Trinajstić information content (AvgIpc) is 3.39. The van der Waals surface area contributed by atoms with Crippen LogP contribution in [0.1, 0.15) is 21.7 Å². The highest BCUT2D eigenvalue weighted by Crippen LogP contribution is 2.34. The Morgan fingerprint density at radius 3 is 2.39 bits per heavy atom. The van der Waals surface area contributed by atoms with Crippen LogP contribution in [0.15, 0.2) is 35.2 Å². The van der Waals surface area contributed by atoms with E-state index in [1.807, 2.05) is 17.0 Å². The summed E-state index contributed by atoms with van der Waals surface area (Å²) in [6.45, 7) is 4.09. The Bertz CT molecular complexity index is 963. The number of fused-ring (bicyclic) bond motifs is 1. The van der Waals surface area contributed by atoms with Crippen LogP contribution in [-0.2, 0) is 16.1 Å². The maximum Gasteiger partial charge on any atom is 0.490 e. The number of hydrogen-bond acceptors (Lipinski definition) is 6. The van der Waals surface area contributed by atoms with Gasteiger partial charge in [0.15, 0.2) is 0 Å². The fraction of sp³-hybridized carbons (Fsp3) is 0.421. The number of aliphatic carboxylic acids is 1. The van der Waals surface area contributed by atoms with Gasteiger partial charge in [0.2, 0.25) is 5.91 Å². The summed E-state index contributed by atoms with van der Waals surface area (Å²) in [5.41, 5.74) is 1.56. The molecule has 12 heteroatoms. The van der Waals surface area contributed by atoms with Gasteiger partial charge in [-0.15, -0.1) is 0 Å². The first kappa shape index (κ1) is 22.2. The zero-order valence-corrected chi connectivity index (χ0v) is 16.4. The lowest BCUT2D eigenvalue weighted by atomic mass is 10.0. The molecule has 0 aliphatic carbocycles. The highest BCUT2D eigenvalue weighted by atomic mass is 19.4. The van der Waals surface area contributed by atoms with Crippen molar-refractivity contribution in [2.75, 3.05) is 19.6 Å². The lowest BCUT2D eigenvalue weighted by Crippen LogP contribution is -2.35. The summed E-state index contributed by atoms with van der Waals surface area (Å²) >= 11 is 0. The second kappa shape index (κ2) is 8.74. The molecule has 0 aromatic carbocycles. The molecule has 2 aliphatic heterocycles. The van der Waals surface area contributed by atoms with Gasteiger partial charge < -0.3 is 19.4 Å². The molecule has 2 aromatic heterocycles. The highest BCUT2D eigenvalue weighted by molar-refractivity contribution is 5.95. The van der Waals surface area contributed by atoms with Crippen LogP contribution in [0.3, 0.4) is 0 Å². The van der Waals surface area contributed by atoms with Crippen molar-refractivity contribution in [1.29, 1.82) is 0 Å². The van der Waals surface area contributed by atoms with Crippen LogP contribution in [0, 0.1) is 18.8 Å². The highest BCUT2D eigenvalue weighted by Gasteiger charge is 2.47. The summed E-state index contributed by atoms with van der Waals surface area (Å²) in [4.78, 5) is 41.7. The maximum atomic E-state index is 12.7. The van der Waals surface area contributed by atoms with Crippen molar-refractivity contribution in [2.45, 2.75) is 19.6 Å². The minimum Gasteiger partial charge on any atom is -0.475 e. The number of hydrogen-bond donors (Lipinski definition) is 1. The van der Waals surface area contributed by atoms with Crippen LogP contribution in [-0.4, -0.2) is 68.6 Å². The number of aromatic nitrogens is 2. The van der Waals surface area contributed by atoms with E-state index >= 15 is 0 Å². The topological polar surface area (TPSA) is 117 Å². The van der Waals surface area contributed by atoms with Gasteiger partial charge >= 0.3 is 12.1 Å². The molecule has 2 aliphatic rings. The number of likely N-dealkylation sites (tertiary alicyclic amines) is 2. The fourth-order valence-electron chi connectivity index (χ4n) is 3.63. The number of alkyl halides is 3. The van der Waals surface area contributed by atoms with Crippen molar-refractivity contribution >= 4 is 17.8 Å². The molecular formula is C19H19F3N4O5. The lowest BCUT2D eigenvalue weighted by molar-refractivity contribution is -0.192. The van der Waals surface area contributed by atoms with Gasteiger partial charge in [-0.3, -0.25) is 14.6 Å². The molecule has 0 bridgehead atoms. The number of carbonyl (C=O) groups excluding carboxylic acids is 2. The molecule has 2 amide bonds. The monoisotopic (exact) mass is 440 g/mol. The minimum atomic E-state index is -5.08. The lowest BCUT2D eigenvalue weighted by Gasteiger charge is -2.21. The molecule has 2 aromatic rings. The third kappa shape index (κ3) is 5.01. The van der Waals surface area contributed by atoms with E-state index in [0.29, 0.717) is 37.5 Å². The number of aryl methyl sites for hydroxylation is 1. The Labute approximate surface area is 174 Å². The van der Waals surface area contributed by atoms with Crippen molar-refractivity contribution in [3.8, 4) is 0 Å². The molecule has 0 spiro atoms. The molecule has 2 fully saturated rings. The molecule has 0 saturated carbocycles. The summed E-state index contributed by atoms with van der Waals surface area (Å²) in [5, 5.41) is 10.8. The van der Waals surface area contributed by atoms with Crippen molar-refractivity contribution in [2.24, 2.45) is 11.8 Å². The third-order valence-corrected chi connectivity index (χ3v) is 5.16. The van der Waals surface area contributed by atoms with E-state index in [1.54, 1.807) is 24.2 Å². The van der Waals surface area contributed by atoms with Crippen molar-refractivity contribution < 1.29 is 37.2 Å². The summed E-state index contributed by atoms with van der Waals surface area (Å²) in [5.74, 6) is -2.11. The summed E-state index contributed by atoms with van der Waals surface area (Å²) in [6, 6.07) is 3.85. The third-order valence-electron chi connectivity index (χ3n) is 5.16. The Kier molecular flexibility index (Phi) is 6.27. The first-order valence-electron chi connectivity index (χ1n) is 9.26. The van der Waals surface area contributed by atoms with Gasteiger partial charge in [-0.25, -0.2) is 4.79 Å². The molecule has 0 radical (unpaired) electrons. The van der Waals surface area contributed by atoms with E-state index < -0.39 is 12.1 Å². The van der Waals surface area contributed by atoms with Crippen LogP contribution in [0.2, 0.25) is 0 Å². The normalized spacial score (nSPS) is 20.3. The largest absolute Gasteiger partial charge is 0.490 e. The van der Waals surface area contributed by atoms with Gasteiger partial charge in [-0.2, -0.15) is 13.2 Å². The molecule has 31 heavy (non-hydrogen) atoms. The second-order valence-corrected chi connectivity index (χ2v) is 7.25. The summed E-state index contributed by atoms with van der Waals surface area (Å²) < 4.78 is 36.7. The van der Waals surface area contributed by atoms with E-state index in [-0.39, 0.29) is 23.7 Å². The maximum absolute atomic E-state index is 12.7. The fourth-order valence-corrected chi connectivity index (χ4v) is 3.63. The van der Waals surface area contributed by atoms with Gasteiger partial charge in [0, 0.05) is 44.5 Å². The number of carboxylic acid groups (broad SMARTS) is 1. The standard InChI is InChI=1S/C17H18N4O3.C2HF3O2/c1-11-14(6-19-24-11)16(22)21-9-13-8-20(17(23)15(13)10-21)7-12-2-4-18-5-3-12;3-2(4,5)1(6)7/h2-6,13,15H,7-10H2,1H3;(H,6,7)/t13-,15+;/m1./s1. The van der Waals surface area contributed by atoms with Gasteiger partial charge in [0.05, 0.1) is 12.1 Å². The van der Waals surface area contributed by atoms with E-state index in [4.69, 9.17) is 14.4 Å². The van der Waals surface area contributed by atoms with Crippen LogP contribution >= 0.6 is 0 Å². The van der Waals surface area contributed by atoms with Gasteiger partial charge in [0.25, 0.3) is 5.91 Å². The van der Waals surface area contributed by atoms with E-state index in [9.17, 15) is 22.8 Å². The number of carbonyl (C=O) groups is 3. The number of nitrogens with zero attached hydrogens (tertiary/aromatic N) is 4. The Morgan fingerprint density at radius 1 is 1.23 bits per heavy atom. The number of carboxylic acids is 1. The average molecular weight is 440 g/mol. The molecule has 2 atom stereocenters. The Hall–Kier alpha value is -3.44. The minimum absolute atomic E-state index is 0.100. The van der Waals surface area contributed by atoms with Crippen molar-refractivity contribution in [1.82, 2.24) is 19.9 Å². The Balaban J connectivity index is 0.000000339. The van der Waals surface area contributed by atoms with Gasteiger partial charge in [-0.1, -0.05) is 5.16 Å². The van der Waals surface area contributed by atoms with Crippen molar-refractivity contribution in [3.05, 3.63) is 47.6 Å². The smallest absolute Gasteiger partial charge is 0.475 e. The molecule has 1 N–H and O–H groups in total. The SMILES string of the molecule is Cc1oncc1C(=O)N1C[C@H]2CN(Cc3ccncc3)C(=O)[C@H]2C1.O=C(O)C(F)(F)F. The first-order chi connectivity index (χ1) is 14.6. The molecule has 0 unspecified atom stereocenters. The molecule has 4 rings (SSSR count). The summed E-state index contributed by atoms with van der Waals surface area (Å²) in [7, 11) is 0. The zero-order valence-electron chi connectivity index (χ0n) is 16.4. The number of rotatable bonds is 3. The van der Waals surface area contributed by atoms with Crippen LogP contribution in [0.25, 0.3) is 0 Å². The molecule has 9 nitrogen and oxygen atoms in total. The van der Waals surface area contributed by atoms with Crippen LogP contribution in [0.4, 0.5) is 13.2 Å². The van der Waals surface area contributed by atoms with E-state index in [1.165, 1.54) is 6.20 Å². The van der Waals surface area contributed by atoms with Gasteiger partial charge in [-0.05, 0) is 24.6 Å². The predicted molar refractivity (Wildman–Crippen MR) is 97.5 cm³/mol. The molecular weight excluding hydrogens is 421 g/mol. The quantitative estimate of drug-likeness (QED) is 0.773. The van der Waals surface area contributed by atoms with E-state index in [0.717, 1.165) is 5.56 Å². The van der Waals surface area contributed by atoms with Gasteiger partial charge in [0.1, 0.15) is 11.3 Å². The first-order valence-corrected chi connectivity index (χ1v) is 9.26. The summed E-state index contributed by atoms with van der Waals surface area (Å²) in [6.07, 6.45) is -0.167. The Morgan fingerprint density at radius 2 is 1.87 bits per heavy atom. The van der Waals surface area contributed by atoms with Crippen LogP contribution in [0.5, 0.6) is 0 Å². The predicted octanol–water partition coefficient (Wildman–Crippen LogP) is 1.74. The molecule has 2 saturated heterocycles. The molecule has 166 valence electrons. The zero-order chi connectivity index (χ0) is 22.8. The number of amides is 2. The second-order valence-electron chi connectivity index (χ2n) is 7.25. The molecule has 4 heterocycles. The van der Waals surface area contributed by atoms with Crippen LogP contribution < -0.4 is 0 Å².